The Morgan fingerprint density at radius 2 is 1.73 bits per heavy atom. The summed E-state index contributed by atoms with van der Waals surface area (Å²) >= 11 is 0. The SMILES string of the molecule is C[C@@H]1CN([C@H](C)CO)C(=O)Cc2cc(NS(=O)(=O)c3ccccc3)ccc2O[C@@H]1CN(C)Cc1ccc(C(=O)Nc2ccccc2N)cc1. The lowest BCUT2D eigenvalue weighted by molar-refractivity contribution is -0.134. The number of hydrogen-bond donors (Lipinski definition) is 4. The minimum atomic E-state index is -3.85. The summed E-state index contributed by atoms with van der Waals surface area (Å²) in [5.41, 5.74) is 9.37. The molecule has 258 valence electrons. The lowest BCUT2D eigenvalue weighted by Crippen LogP contribution is -2.47. The van der Waals surface area contributed by atoms with Crippen LogP contribution < -0.4 is 20.5 Å². The number of sulfonamides is 1. The average molecular weight is 686 g/mol. The summed E-state index contributed by atoms with van der Waals surface area (Å²) in [7, 11) is -1.87. The number of fused-ring (bicyclic) bond motifs is 1. The fourth-order valence-corrected chi connectivity index (χ4v) is 6.85. The van der Waals surface area contributed by atoms with Gasteiger partial charge in [0.25, 0.3) is 15.9 Å². The number of nitrogens with zero attached hydrogens (tertiary/aromatic N) is 2. The first-order valence-electron chi connectivity index (χ1n) is 16.1. The van der Waals surface area contributed by atoms with E-state index < -0.39 is 16.1 Å². The number of aliphatic hydroxyl groups excluding tert-OH is 1. The van der Waals surface area contributed by atoms with Gasteiger partial charge in [0.1, 0.15) is 11.9 Å². The maximum atomic E-state index is 13.6. The molecule has 0 saturated heterocycles. The van der Waals surface area contributed by atoms with E-state index in [1.54, 1.807) is 78.6 Å². The van der Waals surface area contributed by atoms with Crippen molar-refractivity contribution in [2.45, 2.75) is 43.9 Å². The largest absolute Gasteiger partial charge is 0.488 e. The van der Waals surface area contributed by atoms with E-state index in [-0.39, 0.29) is 41.8 Å². The van der Waals surface area contributed by atoms with Gasteiger partial charge in [0.2, 0.25) is 5.91 Å². The molecule has 0 aromatic heterocycles. The number of carbonyl (C=O) groups is 2. The molecule has 0 unspecified atom stereocenters. The third kappa shape index (κ3) is 8.96. The second-order valence-electron chi connectivity index (χ2n) is 12.6. The third-order valence-corrected chi connectivity index (χ3v) is 9.99. The van der Waals surface area contributed by atoms with Gasteiger partial charge in [-0.1, -0.05) is 49.4 Å². The number of benzene rings is 4. The van der Waals surface area contributed by atoms with Gasteiger partial charge in [0.15, 0.2) is 0 Å². The van der Waals surface area contributed by atoms with Gasteiger partial charge in [0, 0.05) is 42.4 Å². The van der Waals surface area contributed by atoms with Gasteiger partial charge in [-0.25, -0.2) is 8.42 Å². The fraction of sp³-hybridized carbons (Fsp3) is 0.297. The highest BCUT2D eigenvalue weighted by Gasteiger charge is 2.31. The molecule has 49 heavy (non-hydrogen) atoms. The molecule has 0 saturated carbocycles. The monoisotopic (exact) mass is 685 g/mol. The Labute approximate surface area is 287 Å². The van der Waals surface area contributed by atoms with Gasteiger partial charge < -0.3 is 25.8 Å². The summed E-state index contributed by atoms with van der Waals surface area (Å²) < 4.78 is 35.3. The van der Waals surface area contributed by atoms with Crippen molar-refractivity contribution in [2.24, 2.45) is 5.92 Å². The number of nitrogen functional groups attached to an aromatic ring is 1. The summed E-state index contributed by atoms with van der Waals surface area (Å²) in [6.07, 6.45) is -0.372. The summed E-state index contributed by atoms with van der Waals surface area (Å²) in [4.78, 5) is 30.3. The zero-order chi connectivity index (χ0) is 35.1. The minimum absolute atomic E-state index is 0.0212. The molecule has 0 aliphatic carbocycles. The molecule has 0 radical (unpaired) electrons. The number of hydrogen-bond acceptors (Lipinski definition) is 8. The number of nitrogens with one attached hydrogen (secondary N) is 2. The second-order valence-corrected chi connectivity index (χ2v) is 14.2. The van der Waals surface area contributed by atoms with Crippen LogP contribution in [0.3, 0.4) is 0 Å². The quantitative estimate of drug-likeness (QED) is 0.167. The van der Waals surface area contributed by atoms with Crippen LogP contribution in [0, 0.1) is 5.92 Å². The number of anilines is 3. The van der Waals surface area contributed by atoms with E-state index in [1.807, 2.05) is 32.2 Å². The Kier molecular flexibility index (Phi) is 11.2. The van der Waals surface area contributed by atoms with Crippen LogP contribution in [-0.2, 0) is 27.8 Å². The summed E-state index contributed by atoms with van der Waals surface area (Å²) in [5.74, 6) is -0.0563. The van der Waals surface area contributed by atoms with E-state index in [1.165, 1.54) is 12.1 Å². The predicted octanol–water partition coefficient (Wildman–Crippen LogP) is 4.60. The predicted molar refractivity (Wildman–Crippen MR) is 191 cm³/mol. The number of nitrogens with two attached hydrogens (primary N) is 1. The molecule has 3 atom stereocenters. The first kappa shape index (κ1) is 35.4. The molecule has 12 heteroatoms. The van der Waals surface area contributed by atoms with Crippen molar-refractivity contribution in [1.29, 1.82) is 0 Å². The van der Waals surface area contributed by atoms with Gasteiger partial charge in [-0.3, -0.25) is 19.2 Å². The van der Waals surface area contributed by atoms with Crippen LogP contribution in [-0.4, -0.2) is 74.0 Å². The molecule has 1 aliphatic heterocycles. The van der Waals surface area contributed by atoms with Crippen molar-refractivity contribution < 1.29 is 27.9 Å². The Hall–Kier alpha value is -4.91. The Bertz CT molecular complexity index is 1870. The second kappa shape index (κ2) is 15.5. The molecule has 0 bridgehead atoms. The number of para-hydroxylation sites is 2. The van der Waals surface area contributed by atoms with Crippen LogP contribution in [0.5, 0.6) is 5.75 Å². The number of amides is 2. The van der Waals surface area contributed by atoms with Crippen LogP contribution >= 0.6 is 0 Å². The topological polar surface area (TPSA) is 154 Å². The first-order chi connectivity index (χ1) is 23.4. The van der Waals surface area contributed by atoms with Gasteiger partial charge in [0.05, 0.1) is 35.3 Å². The lowest BCUT2D eigenvalue weighted by atomic mass is 10.0. The Morgan fingerprint density at radius 1 is 1.04 bits per heavy atom. The highest BCUT2D eigenvalue weighted by Crippen LogP contribution is 2.30. The smallest absolute Gasteiger partial charge is 0.261 e. The number of aliphatic hydroxyl groups is 1. The Morgan fingerprint density at radius 3 is 2.43 bits per heavy atom. The highest BCUT2D eigenvalue weighted by molar-refractivity contribution is 7.92. The van der Waals surface area contributed by atoms with Crippen molar-refractivity contribution in [3.63, 3.8) is 0 Å². The molecule has 5 N–H and O–H groups in total. The van der Waals surface area contributed by atoms with Crippen molar-refractivity contribution >= 4 is 38.9 Å². The molecular weight excluding hydrogens is 643 g/mol. The van der Waals surface area contributed by atoms with Gasteiger partial charge in [-0.15, -0.1) is 0 Å². The fourth-order valence-electron chi connectivity index (χ4n) is 5.77. The number of ether oxygens (including phenoxy) is 1. The zero-order valence-electron chi connectivity index (χ0n) is 27.9. The lowest BCUT2D eigenvalue weighted by Gasteiger charge is -2.34. The summed E-state index contributed by atoms with van der Waals surface area (Å²) in [5, 5.41) is 12.8. The van der Waals surface area contributed by atoms with E-state index in [9.17, 15) is 23.1 Å². The molecule has 1 heterocycles. The van der Waals surface area contributed by atoms with Crippen LogP contribution in [0.25, 0.3) is 0 Å². The number of carbonyl (C=O) groups excluding carboxylic acids is 2. The molecule has 4 aromatic carbocycles. The molecule has 2 amide bonds. The molecule has 1 aliphatic rings. The minimum Gasteiger partial charge on any atom is -0.488 e. The Balaban J connectivity index is 1.32. The van der Waals surface area contributed by atoms with E-state index in [2.05, 4.69) is 14.9 Å². The third-order valence-electron chi connectivity index (χ3n) is 8.59. The van der Waals surface area contributed by atoms with Gasteiger partial charge >= 0.3 is 0 Å². The van der Waals surface area contributed by atoms with Gasteiger partial charge in [-0.2, -0.15) is 0 Å². The summed E-state index contributed by atoms with van der Waals surface area (Å²) in [6.45, 7) is 5.07. The molecule has 11 nitrogen and oxygen atoms in total. The maximum Gasteiger partial charge on any atom is 0.261 e. The van der Waals surface area contributed by atoms with Crippen LogP contribution in [0.4, 0.5) is 17.1 Å². The summed E-state index contributed by atoms with van der Waals surface area (Å²) in [6, 6.07) is 27.1. The average Bonchev–Trinajstić information content (AvgIpc) is 3.13. The van der Waals surface area contributed by atoms with Crippen molar-refractivity contribution in [3.05, 3.63) is 114 Å². The molecule has 0 fully saturated rings. The molecule has 5 rings (SSSR count). The normalized spacial score (nSPS) is 17.2. The first-order valence-corrected chi connectivity index (χ1v) is 17.6. The van der Waals surface area contributed by atoms with Crippen molar-refractivity contribution in [3.8, 4) is 5.75 Å². The maximum absolute atomic E-state index is 13.6. The van der Waals surface area contributed by atoms with Crippen LogP contribution in [0.1, 0.15) is 35.3 Å². The van der Waals surface area contributed by atoms with Crippen LogP contribution in [0.2, 0.25) is 0 Å². The zero-order valence-corrected chi connectivity index (χ0v) is 28.7. The van der Waals surface area contributed by atoms with E-state index in [0.29, 0.717) is 53.6 Å². The van der Waals surface area contributed by atoms with E-state index in [0.717, 1.165) is 5.56 Å². The van der Waals surface area contributed by atoms with Crippen molar-refractivity contribution in [1.82, 2.24) is 9.80 Å². The van der Waals surface area contributed by atoms with Crippen molar-refractivity contribution in [2.75, 3.05) is 42.5 Å². The molecule has 4 aromatic rings. The standard InChI is InChI=1S/C37H43N5O6S/c1-25-21-42(26(2)24-43)36(44)20-29-19-30(40-49(46,47)31-9-5-4-6-10-31)17-18-34(29)48-35(25)23-41(3)22-27-13-15-28(16-14-27)37(45)39-33-12-8-7-11-32(33)38/h4-19,25-26,35,40,43H,20-24,38H2,1-3H3,(H,39,45)/t25-,26-,35-/m1/s1. The van der Waals surface area contributed by atoms with E-state index in [4.69, 9.17) is 10.5 Å². The van der Waals surface area contributed by atoms with Crippen LogP contribution in [0.15, 0.2) is 102 Å². The number of likely N-dealkylation sites (N-methyl/N-ethyl adjacent to an activating group) is 1. The molecular formula is C37H43N5O6S. The van der Waals surface area contributed by atoms with Gasteiger partial charge in [-0.05, 0) is 74.1 Å². The number of rotatable bonds is 11. The van der Waals surface area contributed by atoms with E-state index >= 15 is 0 Å². The molecule has 0 spiro atoms. The highest BCUT2D eigenvalue weighted by atomic mass is 32.2.